The van der Waals surface area contributed by atoms with E-state index in [4.69, 9.17) is 15.2 Å². The number of halogens is 2. The van der Waals surface area contributed by atoms with Gasteiger partial charge in [-0.15, -0.1) is 0 Å². The van der Waals surface area contributed by atoms with E-state index in [1.807, 2.05) is 24.3 Å². The Kier molecular flexibility index (Phi) is 4.43. The Morgan fingerprint density at radius 2 is 1.86 bits per heavy atom. The first kappa shape index (κ1) is 17.9. The summed E-state index contributed by atoms with van der Waals surface area (Å²) in [5.74, 6) is -0.804. The van der Waals surface area contributed by atoms with Gasteiger partial charge in [-0.25, -0.2) is 13.8 Å². The van der Waals surface area contributed by atoms with E-state index in [0.717, 1.165) is 17.3 Å². The van der Waals surface area contributed by atoms with Crippen LogP contribution in [0.3, 0.4) is 0 Å². The largest absolute Gasteiger partial charge is 0.494 e. The van der Waals surface area contributed by atoms with Crippen molar-refractivity contribution in [2.24, 2.45) is 10.7 Å². The summed E-state index contributed by atoms with van der Waals surface area (Å²) in [5.41, 5.74) is 7.45. The van der Waals surface area contributed by atoms with Gasteiger partial charge in [-0.2, -0.15) is 0 Å². The summed E-state index contributed by atoms with van der Waals surface area (Å²) in [5, 5.41) is 0. The van der Waals surface area contributed by atoms with Gasteiger partial charge in [-0.1, -0.05) is 24.3 Å². The molecule has 0 saturated heterocycles. The van der Waals surface area contributed by atoms with Gasteiger partial charge >= 0.3 is 0 Å². The van der Waals surface area contributed by atoms with Gasteiger partial charge in [0.1, 0.15) is 12.4 Å². The Morgan fingerprint density at radius 1 is 1.04 bits per heavy atom. The van der Waals surface area contributed by atoms with Crippen molar-refractivity contribution in [3.63, 3.8) is 0 Å². The number of rotatable bonds is 4. The molecule has 7 heteroatoms. The van der Waals surface area contributed by atoms with Crippen LogP contribution in [0.25, 0.3) is 11.1 Å². The average Bonchev–Trinajstić information content (AvgIpc) is 3.11. The number of pyridine rings is 1. The highest BCUT2D eigenvalue weighted by molar-refractivity contribution is 5.75. The van der Waals surface area contributed by atoms with E-state index in [-0.39, 0.29) is 18.4 Å². The van der Waals surface area contributed by atoms with Crippen LogP contribution in [0.4, 0.5) is 8.78 Å². The molecular formula is C21H17F2N3O2. The first-order valence-corrected chi connectivity index (χ1v) is 8.55. The lowest BCUT2D eigenvalue weighted by Gasteiger charge is -2.26. The van der Waals surface area contributed by atoms with E-state index in [1.54, 1.807) is 12.3 Å². The SMILES string of the molecule is COc1ccc(C2(c3cccc(-c4cncc(F)c4)c3)COC(N)=N2)cc1F. The summed E-state index contributed by atoms with van der Waals surface area (Å²) in [4.78, 5) is 8.38. The number of ether oxygens (including phenoxy) is 2. The summed E-state index contributed by atoms with van der Waals surface area (Å²) in [6, 6.07) is 13.4. The first-order chi connectivity index (χ1) is 13.5. The second kappa shape index (κ2) is 6.92. The van der Waals surface area contributed by atoms with Gasteiger partial charge in [0.2, 0.25) is 0 Å². The second-order valence-corrected chi connectivity index (χ2v) is 6.42. The summed E-state index contributed by atoms with van der Waals surface area (Å²) in [7, 11) is 1.40. The van der Waals surface area contributed by atoms with E-state index in [0.29, 0.717) is 11.1 Å². The van der Waals surface area contributed by atoms with Crippen molar-refractivity contribution < 1.29 is 18.3 Å². The molecule has 2 N–H and O–H groups in total. The van der Waals surface area contributed by atoms with Crippen LogP contribution in [0.1, 0.15) is 11.1 Å². The van der Waals surface area contributed by atoms with Gasteiger partial charge in [0, 0.05) is 11.8 Å². The number of nitrogens with zero attached hydrogens (tertiary/aromatic N) is 2. The quantitative estimate of drug-likeness (QED) is 0.749. The number of aliphatic imine (C=N–C) groups is 1. The molecule has 0 spiro atoms. The molecule has 2 heterocycles. The fraction of sp³-hybridized carbons (Fsp3) is 0.143. The van der Waals surface area contributed by atoms with Crippen molar-refractivity contribution in [1.82, 2.24) is 4.98 Å². The van der Waals surface area contributed by atoms with Gasteiger partial charge in [-0.3, -0.25) is 4.98 Å². The first-order valence-electron chi connectivity index (χ1n) is 8.55. The summed E-state index contributed by atoms with van der Waals surface area (Å²) in [6.45, 7) is 0.120. The number of hydrogen-bond donors (Lipinski definition) is 1. The number of aromatic nitrogens is 1. The molecule has 0 amide bonds. The lowest BCUT2D eigenvalue weighted by molar-refractivity contribution is 0.278. The normalized spacial score (nSPS) is 18.5. The Morgan fingerprint density at radius 3 is 2.54 bits per heavy atom. The predicted octanol–water partition coefficient (Wildman–Crippen LogP) is 3.62. The molecule has 1 aromatic heterocycles. The average molecular weight is 381 g/mol. The maximum absolute atomic E-state index is 14.4. The van der Waals surface area contributed by atoms with Crippen LogP contribution in [0.5, 0.6) is 5.75 Å². The third kappa shape index (κ3) is 3.05. The van der Waals surface area contributed by atoms with Gasteiger partial charge in [0.25, 0.3) is 6.02 Å². The predicted molar refractivity (Wildman–Crippen MR) is 101 cm³/mol. The topological polar surface area (TPSA) is 69.7 Å². The molecule has 1 unspecified atom stereocenters. The molecule has 1 aliphatic heterocycles. The molecule has 4 rings (SSSR count). The third-order valence-electron chi connectivity index (χ3n) is 4.74. The van der Waals surface area contributed by atoms with Crippen LogP contribution in [-0.4, -0.2) is 24.7 Å². The van der Waals surface area contributed by atoms with E-state index < -0.39 is 17.2 Å². The second-order valence-electron chi connectivity index (χ2n) is 6.42. The Balaban J connectivity index is 1.86. The minimum absolute atomic E-state index is 0.0223. The summed E-state index contributed by atoms with van der Waals surface area (Å²) < 4.78 is 38.4. The van der Waals surface area contributed by atoms with Crippen molar-refractivity contribution >= 4 is 6.02 Å². The van der Waals surface area contributed by atoms with Crippen LogP contribution in [0.15, 0.2) is 65.9 Å². The zero-order valence-electron chi connectivity index (χ0n) is 15.0. The Hall–Kier alpha value is -3.48. The van der Waals surface area contributed by atoms with E-state index in [1.165, 1.54) is 25.3 Å². The summed E-state index contributed by atoms with van der Waals surface area (Å²) >= 11 is 0. The molecular weight excluding hydrogens is 364 g/mol. The van der Waals surface area contributed by atoms with E-state index in [2.05, 4.69) is 9.98 Å². The standard InChI is InChI=1S/C21H17F2N3O2/c1-27-19-6-5-16(9-18(19)23)21(12-28-20(24)26-21)15-4-2-3-13(7-15)14-8-17(22)11-25-10-14/h2-11H,12H2,1H3,(H2,24,26). The number of methoxy groups -OCH3 is 1. The van der Waals surface area contributed by atoms with Crippen molar-refractivity contribution in [3.05, 3.63) is 83.7 Å². The number of nitrogens with two attached hydrogens (primary N) is 1. The smallest absolute Gasteiger partial charge is 0.283 e. The highest BCUT2D eigenvalue weighted by Crippen LogP contribution is 2.40. The molecule has 1 atom stereocenters. The highest BCUT2D eigenvalue weighted by Gasteiger charge is 2.40. The van der Waals surface area contributed by atoms with Crippen LogP contribution in [0, 0.1) is 11.6 Å². The lowest BCUT2D eigenvalue weighted by atomic mass is 9.83. The summed E-state index contributed by atoms with van der Waals surface area (Å²) in [6.07, 6.45) is 2.72. The van der Waals surface area contributed by atoms with Gasteiger partial charge in [0.15, 0.2) is 17.1 Å². The van der Waals surface area contributed by atoms with Crippen molar-refractivity contribution in [2.45, 2.75) is 5.54 Å². The monoisotopic (exact) mass is 381 g/mol. The maximum Gasteiger partial charge on any atom is 0.283 e. The lowest BCUT2D eigenvalue weighted by Crippen LogP contribution is -2.27. The van der Waals surface area contributed by atoms with Crippen LogP contribution in [0.2, 0.25) is 0 Å². The van der Waals surface area contributed by atoms with Gasteiger partial charge in [-0.05, 0) is 41.0 Å². The molecule has 28 heavy (non-hydrogen) atoms. The molecule has 0 bridgehead atoms. The molecule has 0 radical (unpaired) electrons. The number of amidine groups is 1. The van der Waals surface area contributed by atoms with Crippen LogP contribution >= 0.6 is 0 Å². The number of benzene rings is 2. The molecule has 0 saturated carbocycles. The minimum Gasteiger partial charge on any atom is -0.494 e. The van der Waals surface area contributed by atoms with E-state index in [9.17, 15) is 8.78 Å². The van der Waals surface area contributed by atoms with E-state index >= 15 is 0 Å². The molecule has 3 aromatic rings. The molecule has 0 fully saturated rings. The molecule has 5 nitrogen and oxygen atoms in total. The van der Waals surface area contributed by atoms with Gasteiger partial charge in [0.05, 0.1) is 13.3 Å². The van der Waals surface area contributed by atoms with Crippen molar-refractivity contribution in [1.29, 1.82) is 0 Å². The Bertz CT molecular complexity index is 1070. The van der Waals surface area contributed by atoms with Crippen molar-refractivity contribution in [2.75, 3.05) is 13.7 Å². The fourth-order valence-electron chi connectivity index (χ4n) is 3.34. The maximum atomic E-state index is 14.4. The zero-order chi connectivity index (χ0) is 19.7. The molecule has 142 valence electrons. The molecule has 2 aromatic carbocycles. The minimum atomic E-state index is -1.02. The Labute approximate surface area is 160 Å². The van der Waals surface area contributed by atoms with Gasteiger partial charge < -0.3 is 15.2 Å². The van der Waals surface area contributed by atoms with Crippen LogP contribution < -0.4 is 10.5 Å². The molecule has 0 aliphatic carbocycles. The highest BCUT2D eigenvalue weighted by atomic mass is 19.1. The zero-order valence-corrected chi connectivity index (χ0v) is 15.0. The fourth-order valence-corrected chi connectivity index (χ4v) is 3.34. The van der Waals surface area contributed by atoms with Crippen molar-refractivity contribution in [3.8, 4) is 16.9 Å². The van der Waals surface area contributed by atoms with Crippen LogP contribution in [-0.2, 0) is 10.3 Å². The number of hydrogen-bond acceptors (Lipinski definition) is 5. The third-order valence-corrected chi connectivity index (χ3v) is 4.74. The molecule has 1 aliphatic rings.